The second kappa shape index (κ2) is 6.76. The van der Waals surface area contributed by atoms with E-state index in [1.165, 1.54) is 17.4 Å². The van der Waals surface area contributed by atoms with Gasteiger partial charge >= 0.3 is 0 Å². The van der Waals surface area contributed by atoms with Gasteiger partial charge in [0.1, 0.15) is 5.82 Å². The lowest BCUT2D eigenvalue weighted by Gasteiger charge is -2.03. The number of aromatic nitrogens is 1. The zero-order valence-corrected chi connectivity index (χ0v) is 14.8. The molecule has 1 heterocycles. The number of nitrogens with zero attached hydrogens (tertiary/aromatic N) is 2. The van der Waals surface area contributed by atoms with E-state index in [2.05, 4.69) is 20.9 Å². The van der Waals surface area contributed by atoms with Crippen molar-refractivity contribution in [3.8, 4) is 0 Å². The van der Waals surface area contributed by atoms with Gasteiger partial charge < -0.3 is 4.57 Å². The number of amides is 1. The first-order chi connectivity index (χ1) is 11.1. The predicted molar refractivity (Wildman–Crippen MR) is 94.1 cm³/mol. The molecule has 0 spiro atoms. The van der Waals surface area contributed by atoms with Crippen LogP contribution in [-0.4, -0.2) is 10.5 Å². The minimum Gasteiger partial charge on any atom is -0.314 e. The lowest BCUT2D eigenvalue weighted by atomic mass is 10.2. The molecule has 0 aliphatic heterocycles. The summed E-state index contributed by atoms with van der Waals surface area (Å²) in [5.41, 5.74) is 1.02. The number of halogens is 2. The number of thiazole rings is 1. The van der Waals surface area contributed by atoms with Gasteiger partial charge in [-0.05, 0) is 42.8 Å². The van der Waals surface area contributed by atoms with Gasteiger partial charge in [-0.15, -0.1) is 0 Å². The van der Waals surface area contributed by atoms with Crippen LogP contribution in [0.3, 0.4) is 0 Å². The molecule has 0 fully saturated rings. The molecule has 23 heavy (non-hydrogen) atoms. The van der Waals surface area contributed by atoms with Gasteiger partial charge in [-0.1, -0.05) is 40.3 Å². The summed E-state index contributed by atoms with van der Waals surface area (Å²) in [5.74, 6) is -0.612. The highest BCUT2D eigenvalue weighted by Crippen LogP contribution is 2.21. The fraction of sp³-hybridized carbons (Fsp3) is 0.176. The molecule has 0 saturated carbocycles. The molecule has 118 valence electrons. The van der Waals surface area contributed by atoms with E-state index in [1.54, 1.807) is 34.9 Å². The molecule has 0 saturated heterocycles. The Morgan fingerprint density at radius 2 is 2.00 bits per heavy atom. The van der Waals surface area contributed by atoms with E-state index in [1.807, 2.05) is 13.0 Å². The van der Waals surface area contributed by atoms with E-state index in [0.717, 1.165) is 15.6 Å². The Balaban J connectivity index is 2.14. The predicted octanol–water partition coefficient (Wildman–Crippen LogP) is 4.76. The van der Waals surface area contributed by atoms with Gasteiger partial charge in [-0.2, -0.15) is 4.99 Å². The third kappa shape index (κ3) is 3.28. The molecule has 3 nitrogen and oxygen atoms in total. The SMILES string of the molecule is CCCn1c(=NC(=O)c2ccc(Br)cc2)sc2cccc(F)c21. The minimum atomic E-state index is -0.325. The summed E-state index contributed by atoms with van der Waals surface area (Å²) in [4.78, 5) is 17.1. The summed E-state index contributed by atoms with van der Waals surface area (Å²) in [6.07, 6.45) is 0.833. The van der Waals surface area contributed by atoms with Crippen LogP contribution < -0.4 is 4.80 Å². The molecule has 0 aliphatic carbocycles. The van der Waals surface area contributed by atoms with Crippen LogP contribution in [0.4, 0.5) is 4.39 Å². The zero-order chi connectivity index (χ0) is 16.4. The van der Waals surface area contributed by atoms with E-state index in [9.17, 15) is 9.18 Å². The largest absolute Gasteiger partial charge is 0.314 e. The Labute approximate surface area is 145 Å². The molecule has 0 atom stereocenters. The third-order valence-corrected chi connectivity index (χ3v) is 4.96. The number of aryl methyl sites for hydroxylation is 1. The average Bonchev–Trinajstić information content (AvgIpc) is 2.87. The fourth-order valence-corrected chi connectivity index (χ4v) is 3.68. The Bertz CT molecular complexity index is 928. The van der Waals surface area contributed by atoms with Gasteiger partial charge in [0.25, 0.3) is 5.91 Å². The summed E-state index contributed by atoms with van der Waals surface area (Å²) in [5, 5.41) is 0. The van der Waals surface area contributed by atoms with Gasteiger partial charge in [-0.25, -0.2) is 4.39 Å². The van der Waals surface area contributed by atoms with Crippen molar-refractivity contribution in [3.63, 3.8) is 0 Å². The van der Waals surface area contributed by atoms with Crippen LogP contribution in [0.5, 0.6) is 0 Å². The number of hydrogen-bond acceptors (Lipinski definition) is 2. The standard InChI is InChI=1S/C17H14BrFN2OS/c1-2-10-21-15-13(19)4-3-5-14(15)23-17(21)20-16(22)11-6-8-12(18)9-7-11/h3-9H,2,10H2,1H3. The van der Waals surface area contributed by atoms with E-state index in [-0.39, 0.29) is 11.7 Å². The molecule has 0 unspecified atom stereocenters. The van der Waals surface area contributed by atoms with Crippen LogP contribution in [-0.2, 0) is 6.54 Å². The van der Waals surface area contributed by atoms with Crippen molar-refractivity contribution in [1.29, 1.82) is 0 Å². The topological polar surface area (TPSA) is 34.4 Å². The highest BCUT2D eigenvalue weighted by Gasteiger charge is 2.11. The van der Waals surface area contributed by atoms with Gasteiger partial charge in [0.05, 0.1) is 10.2 Å². The van der Waals surface area contributed by atoms with Crippen LogP contribution in [0.1, 0.15) is 23.7 Å². The Hall–Kier alpha value is -1.79. The fourth-order valence-electron chi connectivity index (χ4n) is 2.35. The highest BCUT2D eigenvalue weighted by atomic mass is 79.9. The van der Waals surface area contributed by atoms with Crippen molar-refractivity contribution in [2.75, 3.05) is 0 Å². The van der Waals surface area contributed by atoms with E-state index < -0.39 is 0 Å². The number of benzene rings is 2. The van der Waals surface area contributed by atoms with Crippen molar-refractivity contribution in [1.82, 2.24) is 4.57 Å². The maximum atomic E-state index is 14.1. The molecule has 1 amide bonds. The molecule has 0 radical (unpaired) electrons. The smallest absolute Gasteiger partial charge is 0.279 e. The molecule has 3 aromatic rings. The summed E-state index contributed by atoms with van der Waals surface area (Å²) in [6.45, 7) is 2.63. The second-order valence-corrected chi connectivity index (χ2v) is 6.97. The van der Waals surface area contributed by atoms with Crippen molar-refractivity contribution in [2.24, 2.45) is 4.99 Å². The summed E-state index contributed by atoms with van der Waals surface area (Å²) in [7, 11) is 0. The highest BCUT2D eigenvalue weighted by molar-refractivity contribution is 9.10. The molecule has 1 aromatic heterocycles. The number of carbonyl (C=O) groups is 1. The first-order valence-corrected chi connectivity index (χ1v) is 8.83. The molecule has 6 heteroatoms. The maximum absolute atomic E-state index is 14.1. The van der Waals surface area contributed by atoms with Gasteiger partial charge in [-0.3, -0.25) is 4.79 Å². The first-order valence-electron chi connectivity index (χ1n) is 7.22. The second-order valence-electron chi connectivity index (χ2n) is 5.05. The Kier molecular flexibility index (Phi) is 4.73. The molecule has 0 N–H and O–H groups in total. The molecular weight excluding hydrogens is 379 g/mol. The van der Waals surface area contributed by atoms with Gasteiger partial charge in [0.15, 0.2) is 4.80 Å². The van der Waals surface area contributed by atoms with Gasteiger partial charge in [0, 0.05) is 16.6 Å². The normalized spacial score (nSPS) is 12.0. The van der Waals surface area contributed by atoms with Crippen molar-refractivity contribution in [3.05, 3.63) is 63.1 Å². The van der Waals surface area contributed by atoms with Crippen LogP contribution in [0, 0.1) is 5.82 Å². The van der Waals surface area contributed by atoms with E-state index in [0.29, 0.717) is 22.4 Å². The molecule has 3 rings (SSSR count). The van der Waals surface area contributed by atoms with Gasteiger partial charge in [0.2, 0.25) is 0 Å². The van der Waals surface area contributed by atoms with Crippen LogP contribution in [0.25, 0.3) is 10.2 Å². The summed E-state index contributed by atoms with van der Waals surface area (Å²) < 4.78 is 17.6. The van der Waals surface area contributed by atoms with E-state index >= 15 is 0 Å². The summed E-state index contributed by atoms with van der Waals surface area (Å²) in [6, 6.07) is 12.0. The monoisotopic (exact) mass is 392 g/mol. The first kappa shape index (κ1) is 16.1. The quantitative estimate of drug-likeness (QED) is 0.632. The van der Waals surface area contributed by atoms with Crippen LogP contribution in [0.2, 0.25) is 0 Å². The lowest BCUT2D eigenvalue weighted by Crippen LogP contribution is -2.17. The molecular formula is C17H14BrFN2OS. The zero-order valence-electron chi connectivity index (χ0n) is 12.4. The molecule has 0 bridgehead atoms. The maximum Gasteiger partial charge on any atom is 0.279 e. The number of fused-ring (bicyclic) bond motifs is 1. The van der Waals surface area contributed by atoms with Crippen molar-refractivity contribution < 1.29 is 9.18 Å². The number of hydrogen-bond donors (Lipinski definition) is 0. The number of carbonyl (C=O) groups excluding carboxylic acids is 1. The molecule has 2 aromatic carbocycles. The Morgan fingerprint density at radius 1 is 1.26 bits per heavy atom. The van der Waals surface area contributed by atoms with E-state index in [4.69, 9.17) is 0 Å². The van der Waals surface area contributed by atoms with Crippen LogP contribution >= 0.6 is 27.3 Å². The average molecular weight is 393 g/mol. The lowest BCUT2D eigenvalue weighted by molar-refractivity contribution is 0.0998. The van der Waals surface area contributed by atoms with Crippen molar-refractivity contribution in [2.45, 2.75) is 19.9 Å². The minimum absolute atomic E-state index is 0.287. The van der Waals surface area contributed by atoms with Crippen LogP contribution in [0.15, 0.2) is 51.9 Å². The number of rotatable bonds is 3. The van der Waals surface area contributed by atoms with Crippen molar-refractivity contribution >= 4 is 43.4 Å². The number of para-hydroxylation sites is 1. The summed E-state index contributed by atoms with van der Waals surface area (Å²) >= 11 is 4.67. The third-order valence-electron chi connectivity index (χ3n) is 3.39. The Morgan fingerprint density at radius 3 is 2.70 bits per heavy atom. The molecule has 0 aliphatic rings.